The molecular weight excluding hydrogens is 250 g/mol. The summed E-state index contributed by atoms with van der Waals surface area (Å²) in [4.78, 5) is 0. The molecule has 20 heavy (non-hydrogen) atoms. The molecule has 3 nitrogen and oxygen atoms in total. The highest BCUT2D eigenvalue weighted by molar-refractivity contribution is 4.86. The highest BCUT2D eigenvalue weighted by Gasteiger charge is 2.31. The van der Waals surface area contributed by atoms with E-state index in [9.17, 15) is 0 Å². The van der Waals surface area contributed by atoms with E-state index < -0.39 is 0 Å². The second-order valence-corrected chi connectivity index (χ2v) is 6.51. The van der Waals surface area contributed by atoms with Gasteiger partial charge in [-0.2, -0.15) is 0 Å². The summed E-state index contributed by atoms with van der Waals surface area (Å²) in [5.74, 6) is 1.93. The van der Waals surface area contributed by atoms with E-state index in [0.717, 1.165) is 37.6 Å². The van der Waals surface area contributed by atoms with Crippen LogP contribution in [0, 0.1) is 11.8 Å². The maximum atomic E-state index is 5.56. The summed E-state index contributed by atoms with van der Waals surface area (Å²) in [5, 5.41) is 3.78. The van der Waals surface area contributed by atoms with Crippen molar-refractivity contribution in [2.24, 2.45) is 11.8 Å². The van der Waals surface area contributed by atoms with E-state index in [1.54, 1.807) is 7.11 Å². The molecule has 2 unspecified atom stereocenters. The Kier molecular flexibility index (Phi) is 7.92. The molecule has 0 aliphatic heterocycles. The molecule has 0 heterocycles. The van der Waals surface area contributed by atoms with Crippen molar-refractivity contribution in [2.75, 3.05) is 33.5 Å². The molecule has 0 aromatic rings. The van der Waals surface area contributed by atoms with Crippen LogP contribution in [0.5, 0.6) is 0 Å². The first-order chi connectivity index (χ1) is 9.92. The Labute approximate surface area is 124 Å². The molecule has 2 aliphatic carbocycles. The molecule has 0 spiro atoms. The predicted molar refractivity (Wildman–Crippen MR) is 83.0 cm³/mol. The first-order valence-electron chi connectivity index (χ1n) is 8.72. The van der Waals surface area contributed by atoms with Crippen molar-refractivity contribution in [1.82, 2.24) is 5.32 Å². The highest BCUT2D eigenvalue weighted by atomic mass is 16.5. The van der Waals surface area contributed by atoms with Gasteiger partial charge in [-0.05, 0) is 24.7 Å². The number of hydrogen-bond donors (Lipinski definition) is 1. The Hall–Kier alpha value is -0.120. The van der Waals surface area contributed by atoms with Crippen LogP contribution in [0.1, 0.15) is 57.8 Å². The van der Waals surface area contributed by atoms with Crippen molar-refractivity contribution >= 4 is 0 Å². The molecule has 118 valence electrons. The minimum absolute atomic E-state index is 0.703. The molecule has 0 aromatic carbocycles. The minimum Gasteiger partial charge on any atom is -0.382 e. The van der Waals surface area contributed by atoms with Gasteiger partial charge in [0.25, 0.3) is 0 Å². The summed E-state index contributed by atoms with van der Waals surface area (Å²) < 4.78 is 10.5. The Morgan fingerprint density at radius 3 is 2.40 bits per heavy atom. The lowest BCUT2D eigenvalue weighted by atomic mass is 9.71. The van der Waals surface area contributed by atoms with E-state index in [-0.39, 0.29) is 0 Å². The maximum absolute atomic E-state index is 5.56. The van der Waals surface area contributed by atoms with Gasteiger partial charge in [0.2, 0.25) is 0 Å². The third-order valence-electron chi connectivity index (χ3n) is 5.16. The van der Waals surface area contributed by atoms with E-state index in [0.29, 0.717) is 6.61 Å². The summed E-state index contributed by atoms with van der Waals surface area (Å²) in [6, 6.07) is 0.748. The molecule has 3 heteroatoms. The van der Waals surface area contributed by atoms with E-state index >= 15 is 0 Å². The standard InChI is InChI=1S/C17H33NO2/c1-19-13-14-20-12-11-18-17-10-6-5-9-16(17)15-7-3-2-4-8-15/h15-18H,2-14H2,1H3. The van der Waals surface area contributed by atoms with Gasteiger partial charge in [0.05, 0.1) is 19.8 Å². The van der Waals surface area contributed by atoms with Gasteiger partial charge in [-0.3, -0.25) is 0 Å². The van der Waals surface area contributed by atoms with Crippen molar-refractivity contribution in [2.45, 2.75) is 63.8 Å². The van der Waals surface area contributed by atoms with Crippen molar-refractivity contribution in [3.63, 3.8) is 0 Å². The van der Waals surface area contributed by atoms with Crippen molar-refractivity contribution < 1.29 is 9.47 Å². The topological polar surface area (TPSA) is 30.5 Å². The van der Waals surface area contributed by atoms with Gasteiger partial charge in [-0.15, -0.1) is 0 Å². The summed E-state index contributed by atoms with van der Waals surface area (Å²) in [6.45, 7) is 3.23. The van der Waals surface area contributed by atoms with Gasteiger partial charge in [0.1, 0.15) is 0 Å². The summed E-state index contributed by atoms with van der Waals surface area (Å²) in [5.41, 5.74) is 0. The van der Waals surface area contributed by atoms with E-state index in [1.807, 2.05) is 0 Å². The van der Waals surface area contributed by atoms with Crippen molar-refractivity contribution in [3.8, 4) is 0 Å². The van der Waals surface area contributed by atoms with Crippen LogP contribution in [0.25, 0.3) is 0 Å². The predicted octanol–water partition coefficient (Wildman–Crippen LogP) is 3.38. The fourth-order valence-electron chi connectivity index (χ4n) is 4.10. The highest BCUT2D eigenvalue weighted by Crippen LogP contribution is 2.38. The molecule has 0 radical (unpaired) electrons. The smallest absolute Gasteiger partial charge is 0.0700 e. The number of ether oxygens (including phenoxy) is 2. The molecule has 0 amide bonds. The Balaban J connectivity index is 1.67. The summed E-state index contributed by atoms with van der Waals surface area (Å²) in [6.07, 6.45) is 13.0. The number of hydrogen-bond acceptors (Lipinski definition) is 3. The molecular formula is C17H33NO2. The third kappa shape index (κ3) is 5.34. The van der Waals surface area contributed by atoms with Crippen LogP contribution in [0.15, 0.2) is 0 Å². The lowest BCUT2D eigenvalue weighted by molar-refractivity contribution is 0.0670. The lowest BCUT2D eigenvalue weighted by Gasteiger charge is -2.39. The average Bonchev–Trinajstić information content (AvgIpc) is 2.52. The largest absolute Gasteiger partial charge is 0.382 e. The van der Waals surface area contributed by atoms with Gasteiger partial charge in [0, 0.05) is 19.7 Å². The van der Waals surface area contributed by atoms with Gasteiger partial charge in [-0.1, -0.05) is 44.9 Å². The van der Waals surface area contributed by atoms with Crippen LogP contribution in [0.3, 0.4) is 0 Å². The van der Waals surface area contributed by atoms with Crippen LogP contribution in [-0.2, 0) is 9.47 Å². The first kappa shape index (κ1) is 16.3. The first-order valence-corrected chi connectivity index (χ1v) is 8.72. The van der Waals surface area contributed by atoms with Crippen LogP contribution in [-0.4, -0.2) is 39.5 Å². The van der Waals surface area contributed by atoms with Crippen LogP contribution >= 0.6 is 0 Å². The second kappa shape index (κ2) is 9.75. The molecule has 2 fully saturated rings. The van der Waals surface area contributed by atoms with Crippen molar-refractivity contribution in [1.29, 1.82) is 0 Å². The SMILES string of the molecule is COCCOCCNC1CCCCC1C1CCCCC1. The Bertz CT molecular complexity index is 241. The lowest BCUT2D eigenvalue weighted by Crippen LogP contribution is -2.43. The third-order valence-corrected chi connectivity index (χ3v) is 5.16. The van der Waals surface area contributed by atoms with E-state index in [4.69, 9.17) is 9.47 Å². The molecule has 2 atom stereocenters. The molecule has 0 aromatic heterocycles. The molecule has 0 saturated heterocycles. The number of nitrogens with one attached hydrogen (secondary N) is 1. The summed E-state index contributed by atoms with van der Waals surface area (Å²) in [7, 11) is 1.72. The minimum atomic E-state index is 0.703. The van der Waals surface area contributed by atoms with Gasteiger partial charge in [0.15, 0.2) is 0 Å². The Morgan fingerprint density at radius 1 is 0.850 bits per heavy atom. The van der Waals surface area contributed by atoms with E-state index in [2.05, 4.69) is 5.32 Å². The van der Waals surface area contributed by atoms with Crippen LogP contribution < -0.4 is 5.32 Å². The fourth-order valence-corrected chi connectivity index (χ4v) is 4.10. The van der Waals surface area contributed by atoms with Crippen LogP contribution in [0.2, 0.25) is 0 Å². The summed E-state index contributed by atoms with van der Waals surface area (Å²) >= 11 is 0. The number of methoxy groups -OCH3 is 1. The second-order valence-electron chi connectivity index (χ2n) is 6.51. The Morgan fingerprint density at radius 2 is 1.60 bits per heavy atom. The van der Waals surface area contributed by atoms with Crippen LogP contribution in [0.4, 0.5) is 0 Å². The maximum Gasteiger partial charge on any atom is 0.0700 e. The zero-order chi connectivity index (χ0) is 14.0. The average molecular weight is 283 g/mol. The monoisotopic (exact) mass is 283 g/mol. The van der Waals surface area contributed by atoms with Gasteiger partial charge < -0.3 is 14.8 Å². The quantitative estimate of drug-likeness (QED) is 0.693. The molecule has 2 aliphatic rings. The van der Waals surface area contributed by atoms with Gasteiger partial charge >= 0.3 is 0 Å². The molecule has 2 saturated carbocycles. The molecule has 1 N–H and O–H groups in total. The zero-order valence-electron chi connectivity index (χ0n) is 13.2. The molecule has 2 rings (SSSR count). The van der Waals surface area contributed by atoms with E-state index in [1.165, 1.54) is 57.8 Å². The fraction of sp³-hybridized carbons (Fsp3) is 1.00. The van der Waals surface area contributed by atoms with Gasteiger partial charge in [-0.25, -0.2) is 0 Å². The normalized spacial score (nSPS) is 28.6. The zero-order valence-corrected chi connectivity index (χ0v) is 13.2. The number of rotatable bonds is 8. The van der Waals surface area contributed by atoms with Crippen molar-refractivity contribution in [3.05, 3.63) is 0 Å². The molecule has 0 bridgehead atoms.